The quantitative estimate of drug-likeness (QED) is 0.396. The van der Waals surface area contributed by atoms with E-state index in [2.05, 4.69) is 15.0 Å². The maximum atomic E-state index is 12.2. The first kappa shape index (κ1) is 22.7. The molecule has 0 heterocycles. The lowest BCUT2D eigenvalue weighted by molar-refractivity contribution is -0.131. The van der Waals surface area contributed by atoms with E-state index in [9.17, 15) is 13.2 Å². The van der Waals surface area contributed by atoms with E-state index in [-0.39, 0.29) is 24.7 Å². The fourth-order valence-corrected chi connectivity index (χ4v) is 3.68. The molecular formula is C17H35N5O3S. The lowest BCUT2D eigenvalue weighted by atomic mass is 9.86. The third-order valence-corrected chi connectivity index (χ3v) is 5.95. The van der Waals surface area contributed by atoms with Crippen molar-refractivity contribution in [1.82, 2.24) is 19.8 Å². The van der Waals surface area contributed by atoms with Gasteiger partial charge < -0.3 is 15.1 Å². The van der Waals surface area contributed by atoms with Crippen molar-refractivity contribution in [2.24, 2.45) is 10.9 Å². The maximum Gasteiger partial charge on any atom is 0.242 e. The molecule has 1 aliphatic carbocycles. The Labute approximate surface area is 158 Å². The van der Waals surface area contributed by atoms with E-state index in [1.54, 1.807) is 16.8 Å². The van der Waals surface area contributed by atoms with Gasteiger partial charge >= 0.3 is 0 Å². The summed E-state index contributed by atoms with van der Waals surface area (Å²) in [5, 5.41) is 3.11. The smallest absolute Gasteiger partial charge is 0.242 e. The summed E-state index contributed by atoms with van der Waals surface area (Å²) in [6, 6.07) is 0. The lowest BCUT2D eigenvalue weighted by Crippen LogP contribution is -2.46. The number of hydrogen-bond donors (Lipinski definition) is 2. The zero-order valence-corrected chi connectivity index (χ0v) is 17.4. The van der Waals surface area contributed by atoms with Gasteiger partial charge in [-0.25, -0.2) is 13.1 Å². The van der Waals surface area contributed by atoms with Gasteiger partial charge in [0, 0.05) is 33.2 Å². The number of nitrogens with one attached hydrogen (secondary N) is 2. The number of guanidine groups is 1. The van der Waals surface area contributed by atoms with Crippen LogP contribution in [-0.2, 0) is 14.8 Å². The van der Waals surface area contributed by atoms with Crippen molar-refractivity contribution >= 4 is 21.9 Å². The van der Waals surface area contributed by atoms with Gasteiger partial charge in [-0.05, 0) is 39.5 Å². The second-order valence-electron chi connectivity index (χ2n) is 6.62. The first-order chi connectivity index (χ1) is 12.3. The van der Waals surface area contributed by atoms with Crippen molar-refractivity contribution in [3.63, 3.8) is 0 Å². The normalized spacial score (nSPS) is 15.5. The number of rotatable bonds is 11. The van der Waals surface area contributed by atoms with Gasteiger partial charge in [0.25, 0.3) is 0 Å². The van der Waals surface area contributed by atoms with Crippen LogP contribution < -0.4 is 10.0 Å². The monoisotopic (exact) mass is 389 g/mol. The fourth-order valence-electron chi connectivity index (χ4n) is 2.71. The average Bonchev–Trinajstić information content (AvgIpc) is 2.53. The third-order valence-electron chi connectivity index (χ3n) is 4.62. The Bertz CT molecular complexity index is 557. The molecule has 0 bridgehead atoms. The van der Waals surface area contributed by atoms with E-state index in [1.165, 1.54) is 6.42 Å². The molecule has 0 saturated heterocycles. The average molecular weight is 390 g/mol. The molecule has 0 aromatic rings. The molecule has 0 spiro atoms. The van der Waals surface area contributed by atoms with Gasteiger partial charge in [-0.1, -0.05) is 6.42 Å². The highest BCUT2D eigenvalue weighted by atomic mass is 32.2. The molecule has 152 valence electrons. The molecule has 1 rings (SSSR count). The summed E-state index contributed by atoms with van der Waals surface area (Å²) < 4.78 is 26.8. The molecule has 1 amide bonds. The summed E-state index contributed by atoms with van der Waals surface area (Å²) in [4.78, 5) is 20.1. The molecule has 2 N–H and O–H groups in total. The van der Waals surface area contributed by atoms with Crippen molar-refractivity contribution in [3.05, 3.63) is 0 Å². The molecule has 1 aliphatic rings. The number of carbonyl (C=O) groups excluding carboxylic acids is 1. The maximum absolute atomic E-state index is 12.2. The summed E-state index contributed by atoms with van der Waals surface area (Å²) in [6.07, 6.45) is 3.41. The summed E-state index contributed by atoms with van der Waals surface area (Å²) in [5.74, 6) is 1.01. The van der Waals surface area contributed by atoms with Gasteiger partial charge in [0.15, 0.2) is 5.96 Å². The van der Waals surface area contributed by atoms with Crippen LogP contribution in [-0.4, -0.2) is 82.2 Å². The first-order valence-electron chi connectivity index (χ1n) is 9.57. The predicted molar refractivity (Wildman–Crippen MR) is 106 cm³/mol. The van der Waals surface area contributed by atoms with Crippen LogP contribution in [0.1, 0.15) is 40.0 Å². The van der Waals surface area contributed by atoms with Gasteiger partial charge in [0.2, 0.25) is 15.9 Å². The van der Waals surface area contributed by atoms with Gasteiger partial charge in [0.1, 0.15) is 0 Å². The van der Waals surface area contributed by atoms with Crippen LogP contribution in [0.3, 0.4) is 0 Å². The Morgan fingerprint density at radius 3 is 2.35 bits per heavy atom. The number of sulfonamides is 1. The van der Waals surface area contributed by atoms with Crippen LogP contribution in [0.15, 0.2) is 4.99 Å². The van der Waals surface area contributed by atoms with E-state index >= 15 is 0 Å². The Morgan fingerprint density at radius 2 is 1.85 bits per heavy atom. The van der Waals surface area contributed by atoms with Crippen LogP contribution in [0.2, 0.25) is 0 Å². The van der Waals surface area contributed by atoms with Gasteiger partial charge in [-0.2, -0.15) is 0 Å². The van der Waals surface area contributed by atoms with E-state index in [0.717, 1.165) is 12.8 Å². The highest BCUT2D eigenvalue weighted by Gasteiger charge is 2.20. The zero-order chi connectivity index (χ0) is 19.6. The molecule has 8 nitrogen and oxygen atoms in total. The van der Waals surface area contributed by atoms with Crippen LogP contribution >= 0.6 is 0 Å². The summed E-state index contributed by atoms with van der Waals surface area (Å²) in [7, 11) is -1.53. The minimum atomic E-state index is -3.31. The van der Waals surface area contributed by atoms with Crippen molar-refractivity contribution < 1.29 is 13.2 Å². The van der Waals surface area contributed by atoms with E-state index in [4.69, 9.17) is 0 Å². The van der Waals surface area contributed by atoms with Crippen molar-refractivity contribution in [3.8, 4) is 0 Å². The fraction of sp³-hybridized carbons (Fsp3) is 0.882. The third kappa shape index (κ3) is 7.90. The zero-order valence-electron chi connectivity index (χ0n) is 16.6. The predicted octanol–water partition coefficient (Wildman–Crippen LogP) is 0.472. The Balaban J connectivity index is 2.53. The molecule has 9 heteroatoms. The van der Waals surface area contributed by atoms with Gasteiger partial charge in [-0.3, -0.25) is 9.79 Å². The van der Waals surface area contributed by atoms with Crippen LogP contribution in [0.25, 0.3) is 0 Å². The molecule has 0 unspecified atom stereocenters. The van der Waals surface area contributed by atoms with E-state index in [0.29, 0.717) is 38.1 Å². The number of amides is 1. The number of aliphatic imine (C=N–C) groups is 1. The lowest BCUT2D eigenvalue weighted by Gasteiger charge is -2.26. The highest BCUT2D eigenvalue weighted by molar-refractivity contribution is 7.89. The molecule has 1 saturated carbocycles. The molecule has 0 aromatic carbocycles. The van der Waals surface area contributed by atoms with Gasteiger partial charge in [-0.15, -0.1) is 0 Å². The molecule has 0 radical (unpaired) electrons. The van der Waals surface area contributed by atoms with E-state index in [1.807, 2.05) is 20.8 Å². The molecule has 26 heavy (non-hydrogen) atoms. The summed E-state index contributed by atoms with van der Waals surface area (Å²) in [6.45, 7) is 8.71. The Kier molecular flexibility index (Phi) is 9.93. The number of carbonyl (C=O) groups is 1. The number of nitrogens with zero attached hydrogens (tertiary/aromatic N) is 3. The topological polar surface area (TPSA) is 94.1 Å². The van der Waals surface area contributed by atoms with Crippen molar-refractivity contribution in [1.29, 1.82) is 0 Å². The molecular weight excluding hydrogens is 354 g/mol. The Morgan fingerprint density at radius 1 is 1.19 bits per heavy atom. The summed E-state index contributed by atoms with van der Waals surface area (Å²) in [5.41, 5.74) is 0. The molecule has 1 fully saturated rings. The van der Waals surface area contributed by atoms with Crippen LogP contribution in [0.5, 0.6) is 0 Å². The second kappa shape index (κ2) is 11.4. The highest BCUT2D eigenvalue weighted by Crippen LogP contribution is 2.25. The minimum Gasteiger partial charge on any atom is -0.357 e. The molecule has 0 aliphatic heterocycles. The first-order valence-corrected chi connectivity index (χ1v) is 11.2. The standard InChI is InChI=1S/C17H35N5O3S/c1-5-18-17(21(4)14-16(23)22(6-2)7-3)19-11-12-26(24,25)20-13-15-9-8-10-15/h15,20H,5-14H2,1-4H3,(H,18,19). The number of likely N-dealkylation sites (N-methyl/N-ethyl adjacent to an activating group) is 2. The SMILES string of the molecule is CCNC(=NCCS(=O)(=O)NCC1CCC1)N(C)CC(=O)N(CC)CC. The minimum absolute atomic E-state index is 0.0258. The number of hydrogen-bond acceptors (Lipinski definition) is 4. The van der Waals surface area contributed by atoms with E-state index < -0.39 is 10.0 Å². The molecule has 0 aromatic heterocycles. The van der Waals surface area contributed by atoms with Crippen LogP contribution in [0.4, 0.5) is 0 Å². The second-order valence-corrected chi connectivity index (χ2v) is 8.55. The Hall–Kier alpha value is -1.35. The molecule has 0 atom stereocenters. The summed E-state index contributed by atoms with van der Waals surface area (Å²) >= 11 is 0. The largest absolute Gasteiger partial charge is 0.357 e. The van der Waals surface area contributed by atoms with Crippen molar-refractivity contribution in [2.45, 2.75) is 40.0 Å². The van der Waals surface area contributed by atoms with Crippen LogP contribution in [0, 0.1) is 5.92 Å². The van der Waals surface area contributed by atoms with Crippen molar-refractivity contribution in [2.75, 3.05) is 52.1 Å². The van der Waals surface area contributed by atoms with Gasteiger partial charge in [0.05, 0.1) is 18.8 Å².